The summed E-state index contributed by atoms with van der Waals surface area (Å²) >= 11 is 3.68. The predicted octanol–water partition coefficient (Wildman–Crippen LogP) is 32.9. The summed E-state index contributed by atoms with van der Waals surface area (Å²) in [5, 5.41) is 11.5. The SMILES string of the molecule is c1ccc(-c2ccc(N(c3ccc4c(c3)Oc3cc(N(c5ccccc5)c5cc(-c6ccccc6)c6c(c5)sc5ccccc56)ccc3C43c4ccccc4-c4c(N(c5cc(-c6ccccc6)c6c(c5)oc5ccccc56)c5ccc6sc7ccccc7c6c5)cccc43)c3cc(-c4ccc5ccccc5c4)c4oc5ccccc5c4c3)cc2)cc1. The fourth-order valence-corrected chi connectivity index (χ4v) is 22.0. The van der Waals surface area contributed by atoms with Gasteiger partial charge < -0.3 is 28.3 Å². The van der Waals surface area contributed by atoms with Gasteiger partial charge in [-0.1, -0.05) is 279 Å². The average molecular weight is 1580 g/mol. The van der Waals surface area contributed by atoms with Crippen LogP contribution in [-0.2, 0) is 5.41 Å². The highest BCUT2D eigenvalue weighted by Crippen LogP contribution is 2.66. The van der Waals surface area contributed by atoms with E-state index in [4.69, 9.17) is 13.6 Å². The molecule has 25 rings (SSSR count). The van der Waals surface area contributed by atoms with Gasteiger partial charge >= 0.3 is 0 Å². The van der Waals surface area contributed by atoms with Gasteiger partial charge in [-0.05, 0) is 188 Å². The molecular weight excluding hydrogens is 1510 g/mol. The Kier molecular flexibility index (Phi) is 15.6. The monoisotopic (exact) mass is 1580 g/mol. The third kappa shape index (κ3) is 10.9. The number of furan rings is 2. The molecule has 1 aliphatic heterocycles. The Hall–Kier alpha value is -15.3. The van der Waals surface area contributed by atoms with Crippen molar-refractivity contribution in [1.29, 1.82) is 0 Å². The van der Waals surface area contributed by atoms with Crippen LogP contribution in [0.25, 0.3) is 151 Å². The molecule has 5 heterocycles. The van der Waals surface area contributed by atoms with Crippen molar-refractivity contribution in [2.24, 2.45) is 0 Å². The Bertz CT molecular complexity index is 8150. The van der Waals surface area contributed by atoms with Gasteiger partial charge in [-0.15, -0.1) is 22.7 Å². The lowest BCUT2D eigenvalue weighted by Crippen LogP contribution is -2.32. The zero-order chi connectivity index (χ0) is 79.4. The van der Waals surface area contributed by atoms with E-state index in [0.717, 1.165) is 184 Å². The zero-order valence-electron chi connectivity index (χ0n) is 65.2. The van der Waals surface area contributed by atoms with Gasteiger partial charge in [-0.2, -0.15) is 0 Å². The van der Waals surface area contributed by atoms with Crippen molar-refractivity contribution in [2.75, 3.05) is 14.7 Å². The Balaban J connectivity index is 0.756. The highest BCUT2D eigenvalue weighted by Gasteiger charge is 2.53. The van der Waals surface area contributed by atoms with Crippen molar-refractivity contribution in [3.05, 3.63) is 441 Å². The van der Waals surface area contributed by atoms with Crippen molar-refractivity contribution >= 4 is 169 Å². The largest absolute Gasteiger partial charge is 0.457 e. The summed E-state index contributed by atoms with van der Waals surface area (Å²) in [6.45, 7) is 0. The molecule has 4 aromatic heterocycles. The molecule has 0 fully saturated rings. The van der Waals surface area contributed by atoms with Gasteiger partial charge in [0, 0.05) is 142 Å². The summed E-state index contributed by atoms with van der Waals surface area (Å²) in [5.74, 6) is 1.46. The maximum Gasteiger partial charge on any atom is 0.143 e. The summed E-state index contributed by atoms with van der Waals surface area (Å²) in [7, 11) is 0. The Morgan fingerprint density at radius 2 is 0.719 bits per heavy atom. The van der Waals surface area contributed by atoms with Gasteiger partial charge in [0.2, 0.25) is 0 Å². The molecule has 0 saturated heterocycles. The number of benzene rings is 19. The van der Waals surface area contributed by atoms with Crippen LogP contribution in [-0.4, -0.2) is 0 Å². The summed E-state index contributed by atoms with van der Waals surface area (Å²) in [6, 6.07) is 154. The molecule has 0 amide bonds. The number of nitrogens with zero attached hydrogens (tertiary/aromatic N) is 3. The van der Waals surface area contributed by atoms with Crippen LogP contribution in [0.15, 0.2) is 427 Å². The molecule has 1 atom stereocenters. The van der Waals surface area contributed by atoms with Crippen molar-refractivity contribution in [3.63, 3.8) is 0 Å². The minimum atomic E-state index is -0.993. The van der Waals surface area contributed by atoms with Crippen molar-refractivity contribution < 1.29 is 13.6 Å². The number of ether oxygens (including phenoxy) is 1. The minimum Gasteiger partial charge on any atom is -0.457 e. The molecule has 1 aliphatic carbocycles. The third-order valence-corrected chi connectivity index (χ3v) is 27.3. The van der Waals surface area contributed by atoms with Gasteiger partial charge in [-0.3, -0.25) is 0 Å². The smallest absolute Gasteiger partial charge is 0.143 e. The van der Waals surface area contributed by atoms with E-state index in [1.165, 1.54) is 51.3 Å². The average Bonchev–Trinajstić information content (AvgIpc) is 1.52. The number of fused-ring (bicyclic) bond motifs is 22. The molecule has 8 heteroatoms. The van der Waals surface area contributed by atoms with E-state index in [9.17, 15) is 0 Å². The summed E-state index contributed by atoms with van der Waals surface area (Å²) in [4.78, 5) is 7.34. The maximum absolute atomic E-state index is 8.07. The van der Waals surface area contributed by atoms with Crippen molar-refractivity contribution in [1.82, 2.24) is 0 Å². The summed E-state index contributed by atoms with van der Waals surface area (Å²) < 4.78 is 27.1. The Morgan fingerprint density at radius 3 is 1.45 bits per heavy atom. The van der Waals surface area contributed by atoms with Gasteiger partial charge in [0.15, 0.2) is 0 Å². The minimum absolute atomic E-state index is 0.726. The number of rotatable bonds is 13. The van der Waals surface area contributed by atoms with Gasteiger partial charge in [0.05, 0.1) is 16.8 Å². The van der Waals surface area contributed by atoms with E-state index in [1.54, 1.807) is 0 Å². The molecule has 23 aromatic rings. The first kappa shape index (κ1) is 68.9. The number of para-hydroxylation sites is 3. The summed E-state index contributed by atoms with van der Waals surface area (Å²) in [6.07, 6.45) is 0. The molecule has 1 spiro atoms. The quantitative estimate of drug-likeness (QED) is 0.115. The molecular formula is C113H69N3O3S2. The molecule has 0 N–H and O–H groups in total. The molecule has 121 heavy (non-hydrogen) atoms. The van der Waals surface area contributed by atoms with Crippen LogP contribution in [0.1, 0.15) is 22.3 Å². The second kappa shape index (κ2) is 27.4. The van der Waals surface area contributed by atoms with E-state index in [-0.39, 0.29) is 0 Å². The normalized spacial score (nSPS) is 13.4. The second-order valence-corrected chi connectivity index (χ2v) is 33.9. The standard InChI is InChI=1S/C113H69N3O3S2/c1-5-26-70(27-6-1)72-50-52-78(53-51-72)115(82-64-92(76-49-48-71-28-13-14-33-75(71)60-76)112-94(65-82)85-36-16-21-44-100(85)119-112)81-55-58-97-103(67-81)118-102-66-80(114(77-34-11-4-12-35-77)84-63-91(74-31-9-3-10-32-74)110-89-40-19-24-47-106(89)121-108(110)69-84)54-57-96(102)113(97)95-41-20-15-38-87(95)111-98(113)42-25-43-99(111)116(79-56-59-107-93(61-79)86-37-18-23-46-105(86)120-107)83-62-90(73-29-7-2-8-30-73)109-88-39-17-22-45-101(88)117-104(109)68-83/h1-69H. The third-order valence-electron chi connectivity index (χ3n) is 25.0. The topological polar surface area (TPSA) is 45.2 Å². The van der Waals surface area contributed by atoms with E-state index in [2.05, 4.69) is 433 Å². The van der Waals surface area contributed by atoms with E-state index >= 15 is 0 Å². The van der Waals surface area contributed by atoms with Crippen LogP contribution in [0.3, 0.4) is 0 Å². The second-order valence-electron chi connectivity index (χ2n) is 31.7. The fourth-order valence-electron chi connectivity index (χ4n) is 19.8. The Labute approximate surface area is 705 Å². The summed E-state index contributed by atoms with van der Waals surface area (Å²) in [5.41, 5.74) is 26.5. The van der Waals surface area contributed by atoms with Gasteiger partial charge in [-0.25, -0.2) is 0 Å². The highest BCUT2D eigenvalue weighted by molar-refractivity contribution is 7.26. The molecule has 0 bridgehead atoms. The highest BCUT2D eigenvalue weighted by atomic mass is 32.1. The van der Waals surface area contributed by atoms with E-state index in [1.807, 2.05) is 22.7 Å². The molecule has 0 saturated carbocycles. The first-order valence-corrected chi connectivity index (χ1v) is 42.8. The lowest BCUT2D eigenvalue weighted by atomic mass is 9.66. The predicted molar refractivity (Wildman–Crippen MR) is 507 cm³/mol. The Morgan fingerprint density at radius 1 is 0.223 bits per heavy atom. The molecule has 0 radical (unpaired) electrons. The number of hydrogen-bond donors (Lipinski definition) is 0. The lowest BCUT2D eigenvalue weighted by molar-refractivity contribution is 0.436. The van der Waals surface area contributed by atoms with E-state index in [0.29, 0.717) is 0 Å². The first-order chi connectivity index (χ1) is 59.9. The van der Waals surface area contributed by atoms with Crippen LogP contribution in [0.4, 0.5) is 51.2 Å². The van der Waals surface area contributed by atoms with Crippen LogP contribution in [0.2, 0.25) is 0 Å². The van der Waals surface area contributed by atoms with E-state index < -0.39 is 5.41 Å². The van der Waals surface area contributed by atoms with Crippen LogP contribution >= 0.6 is 22.7 Å². The van der Waals surface area contributed by atoms with Gasteiger partial charge in [0.25, 0.3) is 0 Å². The lowest BCUT2D eigenvalue weighted by Gasteiger charge is -2.40. The maximum atomic E-state index is 8.07. The first-order valence-electron chi connectivity index (χ1n) is 41.1. The number of thiophene rings is 2. The molecule has 566 valence electrons. The van der Waals surface area contributed by atoms with Gasteiger partial charge in [0.1, 0.15) is 33.8 Å². The van der Waals surface area contributed by atoms with Crippen molar-refractivity contribution in [3.8, 4) is 67.1 Å². The van der Waals surface area contributed by atoms with Crippen LogP contribution in [0, 0.1) is 0 Å². The zero-order valence-corrected chi connectivity index (χ0v) is 66.9. The molecule has 6 nitrogen and oxygen atoms in total. The molecule has 1 unspecified atom stereocenters. The van der Waals surface area contributed by atoms with Crippen LogP contribution < -0.4 is 19.4 Å². The van der Waals surface area contributed by atoms with Crippen molar-refractivity contribution in [2.45, 2.75) is 5.41 Å². The molecule has 2 aliphatic rings. The number of anilines is 9. The van der Waals surface area contributed by atoms with Crippen LogP contribution in [0.5, 0.6) is 11.5 Å². The molecule has 19 aromatic carbocycles. The fraction of sp³-hybridized carbons (Fsp3) is 0.00885. The number of hydrogen-bond acceptors (Lipinski definition) is 8.